The lowest BCUT2D eigenvalue weighted by atomic mass is 10.2. The van der Waals surface area contributed by atoms with Crippen LogP contribution in [0.4, 0.5) is 0 Å². The summed E-state index contributed by atoms with van der Waals surface area (Å²) in [4.78, 5) is 0. The third-order valence-corrected chi connectivity index (χ3v) is 5.01. The van der Waals surface area contributed by atoms with Gasteiger partial charge in [0.2, 0.25) is 5.16 Å². The Morgan fingerprint density at radius 2 is 2.13 bits per heavy atom. The minimum Gasteiger partial charge on any atom is -0.497 e. The number of nitrogens with two attached hydrogens (primary N) is 1. The van der Waals surface area contributed by atoms with Crippen molar-refractivity contribution in [2.75, 3.05) is 24.5 Å². The Hall–Kier alpha value is -1.64. The van der Waals surface area contributed by atoms with Gasteiger partial charge in [0, 0.05) is 11.0 Å². The van der Waals surface area contributed by atoms with E-state index in [-0.39, 0.29) is 6.04 Å². The summed E-state index contributed by atoms with van der Waals surface area (Å²) in [7, 11) is 1.66. The number of methoxy groups -OCH3 is 1. The summed E-state index contributed by atoms with van der Waals surface area (Å²) in [5, 5.41) is 11.3. The molecule has 0 saturated carbocycles. The first-order valence-corrected chi connectivity index (χ1v) is 9.48. The van der Waals surface area contributed by atoms with E-state index >= 15 is 0 Å². The Morgan fingerprint density at radius 3 is 2.83 bits per heavy atom. The van der Waals surface area contributed by atoms with Gasteiger partial charge >= 0.3 is 0 Å². The van der Waals surface area contributed by atoms with E-state index in [9.17, 15) is 0 Å². The normalized spacial score (nSPS) is 14.7. The van der Waals surface area contributed by atoms with Crippen LogP contribution in [0.5, 0.6) is 5.75 Å². The van der Waals surface area contributed by atoms with E-state index in [0.29, 0.717) is 0 Å². The Morgan fingerprint density at radius 1 is 1.35 bits per heavy atom. The SMILES string of the molecule is COc1ccc(C2=CSc3nnc([C@@H](N)CCSC)n3N2)cc1. The maximum Gasteiger partial charge on any atom is 0.214 e. The molecule has 1 aromatic carbocycles. The molecule has 0 radical (unpaired) electrons. The lowest BCUT2D eigenvalue weighted by Gasteiger charge is -2.21. The van der Waals surface area contributed by atoms with Crippen molar-refractivity contribution in [1.29, 1.82) is 0 Å². The van der Waals surface area contributed by atoms with Crippen LogP contribution in [-0.2, 0) is 0 Å². The van der Waals surface area contributed by atoms with Crippen molar-refractivity contribution in [3.63, 3.8) is 0 Å². The highest BCUT2D eigenvalue weighted by atomic mass is 32.2. The predicted octanol–water partition coefficient (Wildman–Crippen LogP) is 2.69. The summed E-state index contributed by atoms with van der Waals surface area (Å²) in [5.74, 6) is 2.60. The van der Waals surface area contributed by atoms with Crippen molar-refractivity contribution < 1.29 is 4.74 Å². The molecular weight excluding hydrogens is 330 g/mol. The molecule has 122 valence electrons. The number of hydrogen-bond donors (Lipinski definition) is 2. The molecule has 0 spiro atoms. The molecule has 0 bridgehead atoms. The zero-order chi connectivity index (χ0) is 16.2. The van der Waals surface area contributed by atoms with Crippen LogP contribution in [0.25, 0.3) is 5.70 Å². The van der Waals surface area contributed by atoms with E-state index in [1.165, 1.54) is 11.8 Å². The average Bonchev–Trinajstić information content (AvgIpc) is 3.03. The van der Waals surface area contributed by atoms with E-state index in [1.54, 1.807) is 18.9 Å². The van der Waals surface area contributed by atoms with Gasteiger partial charge < -0.3 is 10.5 Å². The summed E-state index contributed by atoms with van der Waals surface area (Å²) in [6, 6.07) is 7.78. The van der Waals surface area contributed by atoms with E-state index in [2.05, 4.69) is 21.9 Å². The molecule has 0 fully saturated rings. The highest BCUT2D eigenvalue weighted by Gasteiger charge is 2.22. The van der Waals surface area contributed by atoms with Gasteiger partial charge in [-0.2, -0.15) is 11.8 Å². The fraction of sp³-hybridized carbons (Fsp3) is 0.333. The third-order valence-electron chi connectivity index (χ3n) is 3.54. The quantitative estimate of drug-likeness (QED) is 0.830. The Labute approximate surface area is 143 Å². The second-order valence-electron chi connectivity index (χ2n) is 5.05. The van der Waals surface area contributed by atoms with E-state index in [1.807, 2.05) is 34.3 Å². The molecule has 3 rings (SSSR count). The smallest absolute Gasteiger partial charge is 0.214 e. The van der Waals surface area contributed by atoms with Crippen LogP contribution in [-0.4, -0.2) is 34.0 Å². The van der Waals surface area contributed by atoms with Gasteiger partial charge in [0.05, 0.1) is 18.8 Å². The Bertz CT molecular complexity index is 698. The molecule has 2 heterocycles. The highest BCUT2D eigenvalue weighted by molar-refractivity contribution is 8.02. The van der Waals surface area contributed by atoms with Crippen LogP contribution < -0.4 is 15.9 Å². The molecular formula is C15H19N5OS2. The van der Waals surface area contributed by atoms with Gasteiger partial charge in [0.1, 0.15) is 5.75 Å². The van der Waals surface area contributed by atoms with Crippen LogP contribution in [0.2, 0.25) is 0 Å². The van der Waals surface area contributed by atoms with Crippen LogP contribution in [0, 0.1) is 0 Å². The van der Waals surface area contributed by atoms with Crippen LogP contribution in [0.15, 0.2) is 34.8 Å². The molecule has 0 amide bonds. The van der Waals surface area contributed by atoms with E-state index < -0.39 is 0 Å². The van der Waals surface area contributed by atoms with Crippen molar-refractivity contribution in [1.82, 2.24) is 14.9 Å². The number of nitrogens with zero attached hydrogens (tertiary/aromatic N) is 3. The second-order valence-corrected chi connectivity index (χ2v) is 6.88. The molecule has 0 unspecified atom stereocenters. The first-order valence-electron chi connectivity index (χ1n) is 7.21. The minimum atomic E-state index is -0.132. The van der Waals surface area contributed by atoms with Crippen molar-refractivity contribution >= 4 is 29.2 Å². The van der Waals surface area contributed by atoms with Gasteiger partial charge in [0.25, 0.3) is 0 Å². The molecule has 6 nitrogen and oxygen atoms in total. The summed E-state index contributed by atoms with van der Waals surface area (Å²) in [6.45, 7) is 0. The lowest BCUT2D eigenvalue weighted by Crippen LogP contribution is -2.24. The molecule has 3 N–H and O–H groups in total. The highest BCUT2D eigenvalue weighted by Crippen LogP contribution is 2.30. The molecule has 0 aliphatic carbocycles. The van der Waals surface area contributed by atoms with Crippen molar-refractivity contribution in [3.8, 4) is 5.75 Å². The topological polar surface area (TPSA) is 78.0 Å². The average molecular weight is 349 g/mol. The number of hydrogen-bond acceptors (Lipinski definition) is 7. The number of thioether (sulfide) groups is 2. The largest absolute Gasteiger partial charge is 0.497 e. The summed E-state index contributed by atoms with van der Waals surface area (Å²) in [6.07, 6.45) is 2.94. The van der Waals surface area contributed by atoms with E-state index in [4.69, 9.17) is 10.5 Å². The van der Waals surface area contributed by atoms with Gasteiger partial charge in [-0.1, -0.05) is 11.8 Å². The van der Waals surface area contributed by atoms with Gasteiger partial charge in [0.15, 0.2) is 5.82 Å². The van der Waals surface area contributed by atoms with E-state index in [0.717, 1.165) is 40.2 Å². The van der Waals surface area contributed by atoms with Crippen LogP contribution in [0.3, 0.4) is 0 Å². The summed E-state index contributed by atoms with van der Waals surface area (Å²) >= 11 is 3.32. The van der Waals surface area contributed by atoms with Gasteiger partial charge in [-0.05, 0) is 42.7 Å². The second kappa shape index (κ2) is 7.29. The summed E-state index contributed by atoms with van der Waals surface area (Å²) < 4.78 is 7.08. The van der Waals surface area contributed by atoms with Gasteiger partial charge in [-0.25, -0.2) is 4.68 Å². The number of aromatic nitrogens is 3. The molecule has 23 heavy (non-hydrogen) atoms. The number of benzene rings is 1. The van der Waals surface area contributed by atoms with Gasteiger partial charge in [-0.15, -0.1) is 10.2 Å². The van der Waals surface area contributed by atoms with Crippen molar-refractivity contribution in [2.24, 2.45) is 5.73 Å². The fourth-order valence-corrected chi connectivity index (χ4v) is 3.47. The van der Waals surface area contributed by atoms with Crippen LogP contribution >= 0.6 is 23.5 Å². The minimum absolute atomic E-state index is 0.132. The molecule has 0 saturated heterocycles. The fourth-order valence-electron chi connectivity index (χ4n) is 2.24. The summed E-state index contributed by atoms with van der Waals surface area (Å²) in [5.41, 5.74) is 11.7. The van der Waals surface area contributed by atoms with Crippen molar-refractivity contribution in [3.05, 3.63) is 41.1 Å². The Balaban J connectivity index is 1.80. The molecule has 2 aromatic rings. The maximum absolute atomic E-state index is 6.25. The van der Waals surface area contributed by atoms with Crippen LogP contribution in [0.1, 0.15) is 23.9 Å². The predicted molar refractivity (Wildman–Crippen MR) is 96.1 cm³/mol. The van der Waals surface area contributed by atoms with Crippen molar-refractivity contribution in [2.45, 2.75) is 17.6 Å². The monoisotopic (exact) mass is 349 g/mol. The molecule has 8 heteroatoms. The third kappa shape index (κ3) is 3.49. The van der Waals surface area contributed by atoms with Gasteiger partial charge in [-0.3, -0.25) is 5.43 Å². The first-order chi connectivity index (χ1) is 11.2. The molecule has 1 aliphatic rings. The standard InChI is InChI=1S/C15H19N5OS2/c1-21-11-5-3-10(4-6-11)13-9-23-15-18-17-14(20(15)19-13)12(16)7-8-22-2/h3-6,9,12,19H,7-8,16H2,1-2H3/t12-/m0/s1. The number of rotatable bonds is 6. The zero-order valence-corrected chi connectivity index (χ0v) is 14.7. The first kappa shape index (κ1) is 16.2. The zero-order valence-electron chi connectivity index (χ0n) is 13.0. The lowest BCUT2D eigenvalue weighted by molar-refractivity contribution is 0.415. The maximum atomic E-state index is 6.25. The number of ether oxygens (including phenoxy) is 1. The molecule has 1 aromatic heterocycles. The molecule has 1 aliphatic heterocycles. The number of fused-ring (bicyclic) bond motifs is 1. The number of nitrogens with one attached hydrogen (secondary N) is 1. The molecule has 1 atom stereocenters. The Kier molecular flexibility index (Phi) is 5.14.